The van der Waals surface area contributed by atoms with Gasteiger partial charge < -0.3 is 14.6 Å². The summed E-state index contributed by atoms with van der Waals surface area (Å²) in [4.78, 5) is 36.6. The lowest BCUT2D eigenvalue weighted by molar-refractivity contribution is -0.142. The number of pyridine rings is 1. The summed E-state index contributed by atoms with van der Waals surface area (Å²) in [6.07, 6.45) is -5.96. The molecule has 3 heterocycles. The average molecular weight is 539 g/mol. The second-order valence-electron chi connectivity index (χ2n) is 9.15. The van der Waals surface area contributed by atoms with E-state index in [0.29, 0.717) is 0 Å². The summed E-state index contributed by atoms with van der Waals surface area (Å²) in [7, 11) is -3.29. The van der Waals surface area contributed by atoms with E-state index in [4.69, 9.17) is 4.74 Å². The molecule has 3 aromatic rings. The average Bonchev–Trinajstić information content (AvgIpc) is 2.81. The van der Waals surface area contributed by atoms with Gasteiger partial charge in [-0.15, -0.1) is 0 Å². The Morgan fingerprint density at radius 2 is 1.73 bits per heavy atom. The zero-order valence-electron chi connectivity index (χ0n) is 20.5. The zero-order valence-corrected chi connectivity index (χ0v) is 21.3. The molecule has 198 valence electrons. The number of alkyl halides is 3. The number of aryl methyl sites for hydroxylation is 1. The summed E-state index contributed by atoms with van der Waals surface area (Å²) in [6, 6.07) is 6.88. The van der Waals surface area contributed by atoms with E-state index in [9.17, 15) is 31.2 Å². The van der Waals surface area contributed by atoms with Gasteiger partial charge in [-0.25, -0.2) is 18.4 Å². The molecule has 1 saturated heterocycles. The van der Waals surface area contributed by atoms with Gasteiger partial charge in [0.15, 0.2) is 21.2 Å². The van der Waals surface area contributed by atoms with E-state index in [1.54, 1.807) is 13.8 Å². The molecule has 9 nitrogen and oxygen atoms in total. The largest absolute Gasteiger partial charge is 0.486 e. The number of halogens is 3. The van der Waals surface area contributed by atoms with Crippen molar-refractivity contribution in [1.82, 2.24) is 19.9 Å². The van der Waals surface area contributed by atoms with Crippen LogP contribution < -0.4 is 10.3 Å². The second-order valence-corrected chi connectivity index (χ2v) is 11.9. The maximum Gasteiger partial charge on any atom is 0.433 e. The van der Waals surface area contributed by atoms with Crippen molar-refractivity contribution in [2.75, 3.05) is 13.1 Å². The molecule has 1 N–H and O–H groups in total. The molecule has 2 unspecified atom stereocenters. The Morgan fingerprint density at radius 1 is 1.14 bits per heavy atom. The van der Waals surface area contributed by atoms with Crippen LogP contribution in [0.4, 0.5) is 13.2 Å². The molecule has 0 spiro atoms. The molecule has 0 saturated carbocycles. The number of hydrogen-bond acceptors (Lipinski definition) is 7. The van der Waals surface area contributed by atoms with Crippen molar-refractivity contribution in [1.29, 1.82) is 0 Å². The van der Waals surface area contributed by atoms with E-state index in [2.05, 4.69) is 15.0 Å². The SMILES string of the molecule is Cc1nc2nc(C(F)(F)F)c([C@H](C)Oc3ccc(C(=O)N4CC(C)S(=O)(=O)C(C)C4)cc3)cc2c(=O)[nH]1. The minimum Gasteiger partial charge on any atom is -0.486 e. The number of amides is 1. The maximum atomic E-state index is 13.8. The number of aromatic nitrogens is 3. The molecule has 1 fully saturated rings. The van der Waals surface area contributed by atoms with Crippen LogP contribution in [0.1, 0.15) is 54.3 Å². The molecule has 2 aromatic heterocycles. The molecular weight excluding hydrogens is 513 g/mol. The third kappa shape index (κ3) is 5.17. The highest BCUT2D eigenvalue weighted by molar-refractivity contribution is 7.92. The van der Waals surface area contributed by atoms with Crippen molar-refractivity contribution in [3.8, 4) is 5.75 Å². The quantitative estimate of drug-likeness (QED) is 0.540. The number of sulfone groups is 1. The monoisotopic (exact) mass is 538 g/mol. The maximum absolute atomic E-state index is 13.8. The van der Waals surface area contributed by atoms with Crippen LogP contribution in [-0.4, -0.2) is 57.8 Å². The van der Waals surface area contributed by atoms with Crippen LogP contribution in [0.15, 0.2) is 35.1 Å². The zero-order chi connectivity index (χ0) is 27.3. The molecular formula is C24H25F3N4O5S. The number of benzene rings is 1. The lowest BCUT2D eigenvalue weighted by atomic mass is 10.1. The van der Waals surface area contributed by atoms with Crippen LogP contribution >= 0.6 is 0 Å². The highest BCUT2D eigenvalue weighted by atomic mass is 32.2. The number of carbonyl (C=O) groups excluding carboxylic acids is 1. The minimum atomic E-state index is -4.81. The predicted octanol–water partition coefficient (Wildman–Crippen LogP) is 3.43. The summed E-state index contributed by atoms with van der Waals surface area (Å²) >= 11 is 0. The summed E-state index contributed by atoms with van der Waals surface area (Å²) in [6.45, 7) is 6.10. The Kier molecular flexibility index (Phi) is 6.78. The molecule has 1 aliphatic heterocycles. The molecule has 3 atom stereocenters. The molecule has 1 amide bonds. The van der Waals surface area contributed by atoms with E-state index in [1.807, 2.05) is 0 Å². The molecule has 1 aromatic carbocycles. The first-order chi connectivity index (χ1) is 17.2. The van der Waals surface area contributed by atoms with Crippen LogP contribution in [0.3, 0.4) is 0 Å². The van der Waals surface area contributed by atoms with Gasteiger partial charge in [0, 0.05) is 24.2 Å². The highest BCUT2D eigenvalue weighted by Gasteiger charge is 2.39. The summed E-state index contributed by atoms with van der Waals surface area (Å²) in [5, 5.41) is -1.47. The first kappa shape index (κ1) is 26.6. The number of rotatable bonds is 4. The lowest BCUT2D eigenvalue weighted by Crippen LogP contribution is -2.52. The standard InChI is InChI=1S/C24H25F3N4O5S/c1-12-10-31(11-13(2)37(12,34)35)23(33)16-5-7-17(8-6-16)36-14(3)18-9-19-21(28-15(4)29-22(19)32)30-20(18)24(25,26)27/h5-9,12-14H,10-11H2,1-4H3,(H,28,29,30,32)/t12?,13?,14-/m0/s1. The number of hydrogen-bond donors (Lipinski definition) is 1. The topological polar surface area (TPSA) is 122 Å². The van der Waals surface area contributed by atoms with Gasteiger partial charge in [0.05, 0.1) is 15.9 Å². The first-order valence-corrected chi connectivity index (χ1v) is 13.1. The Hall–Kier alpha value is -3.48. The molecule has 0 aliphatic carbocycles. The third-order valence-corrected chi connectivity index (χ3v) is 8.87. The highest BCUT2D eigenvalue weighted by Crippen LogP contribution is 2.36. The lowest BCUT2D eigenvalue weighted by Gasteiger charge is -2.34. The van der Waals surface area contributed by atoms with Gasteiger partial charge in [-0.05, 0) is 58.0 Å². The number of aromatic amines is 1. The number of fused-ring (bicyclic) bond motifs is 1. The van der Waals surface area contributed by atoms with Crippen LogP contribution in [0.25, 0.3) is 11.0 Å². The molecule has 4 rings (SSSR count). The van der Waals surface area contributed by atoms with Gasteiger partial charge in [-0.2, -0.15) is 13.2 Å². The van der Waals surface area contributed by atoms with Crippen molar-refractivity contribution in [3.05, 3.63) is 63.3 Å². The summed E-state index contributed by atoms with van der Waals surface area (Å²) in [5.74, 6) is -0.0237. The van der Waals surface area contributed by atoms with E-state index < -0.39 is 43.9 Å². The van der Waals surface area contributed by atoms with Gasteiger partial charge in [-0.3, -0.25) is 9.59 Å². The van der Waals surface area contributed by atoms with Gasteiger partial charge >= 0.3 is 6.18 Å². The summed E-state index contributed by atoms with van der Waals surface area (Å²) in [5.41, 5.74) is -2.19. The fourth-order valence-electron chi connectivity index (χ4n) is 4.32. The molecule has 0 bridgehead atoms. The number of carbonyl (C=O) groups is 1. The van der Waals surface area contributed by atoms with Gasteiger partial charge in [-0.1, -0.05) is 0 Å². The van der Waals surface area contributed by atoms with Crippen molar-refractivity contribution >= 4 is 26.8 Å². The fourth-order valence-corrected chi connectivity index (χ4v) is 5.89. The first-order valence-electron chi connectivity index (χ1n) is 11.5. The Bertz CT molecular complexity index is 1500. The minimum absolute atomic E-state index is 0.0729. The van der Waals surface area contributed by atoms with Crippen LogP contribution in [0, 0.1) is 6.92 Å². The van der Waals surface area contributed by atoms with Crippen molar-refractivity contribution in [2.24, 2.45) is 0 Å². The van der Waals surface area contributed by atoms with E-state index in [-0.39, 0.29) is 52.7 Å². The van der Waals surface area contributed by atoms with Crippen molar-refractivity contribution < 1.29 is 31.1 Å². The van der Waals surface area contributed by atoms with Gasteiger partial charge in [0.25, 0.3) is 11.5 Å². The van der Waals surface area contributed by atoms with Crippen LogP contribution in [0.2, 0.25) is 0 Å². The van der Waals surface area contributed by atoms with Crippen molar-refractivity contribution in [2.45, 2.75) is 50.5 Å². The molecule has 1 aliphatic rings. The summed E-state index contributed by atoms with van der Waals surface area (Å²) < 4.78 is 71.5. The number of nitrogens with one attached hydrogen (secondary N) is 1. The normalized spacial score (nSPS) is 20.6. The molecule has 0 radical (unpaired) electrons. The number of H-pyrrole nitrogens is 1. The van der Waals surface area contributed by atoms with E-state index >= 15 is 0 Å². The van der Waals surface area contributed by atoms with E-state index in [1.165, 1.54) is 43.0 Å². The smallest absolute Gasteiger partial charge is 0.433 e. The molecule has 13 heteroatoms. The van der Waals surface area contributed by atoms with Crippen molar-refractivity contribution in [3.63, 3.8) is 0 Å². The third-order valence-electron chi connectivity index (χ3n) is 6.33. The van der Waals surface area contributed by atoms with Crippen LogP contribution in [-0.2, 0) is 16.0 Å². The second kappa shape index (κ2) is 9.43. The van der Waals surface area contributed by atoms with E-state index in [0.717, 1.165) is 6.07 Å². The van der Waals surface area contributed by atoms with Crippen LogP contribution in [0.5, 0.6) is 5.75 Å². The Balaban J connectivity index is 1.58. The Labute approximate surface area is 210 Å². The fraction of sp³-hybridized carbons (Fsp3) is 0.417. The Morgan fingerprint density at radius 3 is 2.30 bits per heavy atom. The van der Waals surface area contributed by atoms with Gasteiger partial charge in [0.2, 0.25) is 0 Å². The predicted molar refractivity (Wildman–Crippen MR) is 129 cm³/mol. The number of nitrogens with zero attached hydrogens (tertiary/aromatic N) is 3. The molecule has 37 heavy (non-hydrogen) atoms. The van der Waals surface area contributed by atoms with Gasteiger partial charge in [0.1, 0.15) is 17.7 Å². The number of ether oxygens (including phenoxy) is 1.